The zero-order chi connectivity index (χ0) is 21.4. The average Bonchev–Trinajstić information content (AvgIpc) is 2.53. The van der Waals surface area contributed by atoms with E-state index in [4.69, 9.17) is 16.0 Å². The first-order chi connectivity index (χ1) is 12.8. The van der Waals surface area contributed by atoms with Crippen molar-refractivity contribution in [3.63, 3.8) is 0 Å². The third-order valence-electron chi connectivity index (χ3n) is 5.49. The summed E-state index contributed by atoms with van der Waals surface area (Å²) in [5, 5.41) is 2.13. The van der Waals surface area contributed by atoms with E-state index in [-0.39, 0.29) is 14.3 Å². The molecule has 2 rings (SSSR count). The molecule has 5 heteroatoms. The van der Waals surface area contributed by atoms with Crippen molar-refractivity contribution >= 4 is 55.4 Å². The van der Waals surface area contributed by atoms with Gasteiger partial charge in [-0.15, -0.1) is 0 Å². The molecular weight excluding hydrogens is 494 g/mol. The minimum atomic E-state index is -2.05. The number of fused-ring (bicyclic) bond motifs is 1. The monoisotopic (exact) mass is 528 g/mol. The van der Waals surface area contributed by atoms with Crippen LogP contribution in [0.25, 0.3) is 10.8 Å². The van der Waals surface area contributed by atoms with Crippen molar-refractivity contribution in [1.29, 1.82) is 0 Å². The molecule has 28 heavy (non-hydrogen) atoms. The van der Waals surface area contributed by atoms with Crippen LogP contribution in [0.3, 0.4) is 0 Å². The SMILES string of the molecule is CC(C)[Si](Oc1c[c]([Sn][C](C)(C)C)c2c(Cl)c(F)ccc2c1)(C(C)C)C(C)C. The van der Waals surface area contributed by atoms with Gasteiger partial charge < -0.3 is 0 Å². The molecule has 1 nitrogen and oxygen atoms in total. The Hall–Kier alpha value is -0.264. The van der Waals surface area contributed by atoms with E-state index in [2.05, 4.69) is 74.4 Å². The molecule has 2 radical (unpaired) electrons. The van der Waals surface area contributed by atoms with Gasteiger partial charge in [0.05, 0.1) is 0 Å². The van der Waals surface area contributed by atoms with Gasteiger partial charge in [0.15, 0.2) is 0 Å². The molecule has 0 aliphatic heterocycles. The van der Waals surface area contributed by atoms with E-state index >= 15 is 0 Å². The standard InChI is InChI=1S/C19H25ClFOSi.C4H9.Sn/c1-12(2)23(13(3)4,14(5)6)22-16-8-9-17-15(11-16)7-10-18(21)19(17)20;1-4(2)3;/h7-8,10-14H,1-6H3;1-3H3;. The van der Waals surface area contributed by atoms with Gasteiger partial charge in [-0.2, -0.15) is 0 Å². The van der Waals surface area contributed by atoms with Crippen LogP contribution in [0.4, 0.5) is 4.39 Å². The molecule has 0 unspecified atom stereocenters. The van der Waals surface area contributed by atoms with Crippen molar-refractivity contribution in [1.82, 2.24) is 0 Å². The van der Waals surface area contributed by atoms with Crippen molar-refractivity contribution in [2.24, 2.45) is 0 Å². The van der Waals surface area contributed by atoms with Crippen LogP contribution in [0.15, 0.2) is 24.3 Å². The molecule has 2 aromatic rings. The Morgan fingerprint density at radius 1 is 0.964 bits per heavy atom. The minimum absolute atomic E-state index is 0.229. The summed E-state index contributed by atoms with van der Waals surface area (Å²) < 4.78 is 22.6. The molecule has 0 saturated heterocycles. The molecule has 0 spiro atoms. The summed E-state index contributed by atoms with van der Waals surface area (Å²) in [7, 11) is -2.05. The van der Waals surface area contributed by atoms with Crippen LogP contribution in [-0.4, -0.2) is 29.5 Å². The second kappa shape index (κ2) is 8.85. The van der Waals surface area contributed by atoms with E-state index in [1.165, 1.54) is 9.65 Å². The zero-order valence-electron chi connectivity index (χ0n) is 18.7. The van der Waals surface area contributed by atoms with Gasteiger partial charge in [0.25, 0.3) is 0 Å². The van der Waals surface area contributed by atoms with Crippen LogP contribution < -0.4 is 8.01 Å². The Kier molecular flexibility index (Phi) is 7.59. The molecule has 154 valence electrons. The molecule has 0 atom stereocenters. The fourth-order valence-corrected chi connectivity index (χ4v) is 14.3. The summed E-state index contributed by atoms with van der Waals surface area (Å²) in [5.74, 6) is 0.603. The zero-order valence-corrected chi connectivity index (χ0v) is 23.3. The molecule has 0 aliphatic carbocycles. The first kappa shape index (κ1) is 24.0. The van der Waals surface area contributed by atoms with Crippen molar-refractivity contribution in [2.45, 2.75) is 82.4 Å². The number of benzene rings is 2. The van der Waals surface area contributed by atoms with Crippen molar-refractivity contribution in [2.75, 3.05) is 0 Å². The Balaban J connectivity index is 2.70. The van der Waals surface area contributed by atoms with Crippen LogP contribution in [0.1, 0.15) is 62.3 Å². The van der Waals surface area contributed by atoms with Crippen molar-refractivity contribution in [3.8, 4) is 5.75 Å². The predicted octanol–water partition coefficient (Wildman–Crippen LogP) is 7.73. The van der Waals surface area contributed by atoms with Crippen LogP contribution in [0.5, 0.6) is 5.75 Å². The van der Waals surface area contributed by atoms with Gasteiger partial charge in [-0.05, 0) is 0 Å². The van der Waals surface area contributed by atoms with Gasteiger partial charge in [0.2, 0.25) is 0 Å². The summed E-state index contributed by atoms with van der Waals surface area (Å²) in [5.41, 5.74) is 1.52. The summed E-state index contributed by atoms with van der Waals surface area (Å²) >= 11 is 5.40. The molecule has 0 amide bonds. The van der Waals surface area contributed by atoms with E-state index in [1.807, 2.05) is 6.07 Å². The van der Waals surface area contributed by atoms with Gasteiger partial charge in [-0.3, -0.25) is 0 Å². The Morgan fingerprint density at radius 3 is 1.96 bits per heavy atom. The van der Waals surface area contributed by atoms with Crippen molar-refractivity contribution in [3.05, 3.63) is 35.1 Å². The topological polar surface area (TPSA) is 9.23 Å². The number of hydrogen-bond acceptors (Lipinski definition) is 1. The Labute approximate surface area is 186 Å². The summed E-state index contributed by atoms with van der Waals surface area (Å²) in [6.45, 7) is 20.6. The third kappa shape index (κ3) is 4.89. The second-order valence-electron chi connectivity index (χ2n) is 9.73. The summed E-state index contributed by atoms with van der Waals surface area (Å²) in [6.07, 6.45) is 0. The molecule has 0 N–H and O–H groups in total. The average molecular weight is 528 g/mol. The van der Waals surface area contributed by atoms with Gasteiger partial charge >= 0.3 is 187 Å². The van der Waals surface area contributed by atoms with Gasteiger partial charge in [-0.1, -0.05) is 0 Å². The fraction of sp³-hybridized carbons (Fsp3) is 0.565. The maximum atomic E-state index is 14.2. The quantitative estimate of drug-likeness (QED) is 0.349. The van der Waals surface area contributed by atoms with Gasteiger partial charge in [0.1, 0.15) is 0 Å². The first-order valence-corrected chi connectivity index (χ1v) is 15.6. The predicted molar refractivity (Wildman–Crippen MR) is 126 cm³/mol. The molecular formula is C23H34ClFOSiSn. The van der Waals surface area contributed by atoms with Gasteiger partial charge in [-0.25, -0.2) is 0 Å². The molecule has 0 aliphatic rings. The fourth-order valence-electron chi connectivity index (χ4n) is 4.49. The van der Waals surface area contributed by atoms with E-state index < -0.39 is 29.5 Å². The van der Waals surface area contributed by atoms with E-state index in [9.17, 15) is 4.39 Å². The summed E-state index contributed by atoms with van der Waals surface area (Å²) in [4.78, 5) is 0. The van der Waals surface area contributed by atoms with Crippen LogP contribution >= 0.6 is 11.6 Å². The molecule has 0 heterocycles. The molecule has 2 aromatic carbocycles. The summed E-state index contributed by atoms with van der Waals surface area (Å²) in [6, 6.07) is 7.57. The first-order valence-electron chi connectivity index (χ1n) is 10.2. The number of hydrogen-bond donors (Lipinski definition) is 0. The van der Waals surface area contributed by atoms with E-state index in [0.717, 1.165) is 16.5 Å². The van der Waals surface area contributed by atoms with Crippen LogP contribution in [0.2, 0.25) is 25.1 Å². The van der Waals surface area contributed by atoms with E-state index in [1.54, 1.807) is 0 Å². The molecule has 0 aromatic heterocycles. The van der Waals surface area contributed by atoms with E-state index in [0.29, 0.717) is 16.6 Å². The second-order valence-corrected chi connectivity index (χ2v) is 22.0. The number of halogens is 2. The maximum absolute atomic E-state index is 14.2. The number of rotatable bonds is 6. The normalized spacial score (nSPS) is 13.2. The Morgan fingerprint density at radius 2 is 1.50 bits per heavy atom. The Bertz CT molecular complexity index is 821. The van der Waals surface area contributed by atoms with Gasteiger partial charge in [0, 0.05) is 0 Å². The van der Waals surface area contributed by atoms with Crippen LogP contribution in [0, 0.1) is 5.82 Å². The molecule has 0 bridgehead atoms. The molecule has 0 saturated carbocycles. The molecule has 0 fully saturated rings. The third-order valence-corrected chi connectivity index (χ3v) is 15.9. The van der Waals surface area contributed by atoms with Crippen LogP contribution in [-0.2, 0) is 0 Å². The van der Waals surface area contributed by atoms with Crippen molar-refractivity contribution < 1.29 is 8.82 Å².